The van der Waals surface area contributed by atoms with E-state index in [0.29, 0.717) is 105 Å². The van der Waals surface area contributed by atoms with Crippen LogP contribution in [0, 0.1) is 19.8 Å². The lowest BCUT2D eigenvalue weighted by atomic mass is 9.95. The average molecular weight is 901 g/mol. The van der Waals surface area contributed by atoms with Gasteiger partial charge >= 0.3 is 0 Å². The van der Waals surface area contributed by atoms with Crippen LogP contribution in [-0.4, -0.2) is 94.3 Å². The van der Waals surface area contributed by atoms with E-state index < -0.39 is 11.9 Å². The number of nitrogens with zero attached hydrogens (tertiary/aromatic N) is 5. The van der Waals surface area contributed by atoms with Gasteiger partial charge in [-0.05, 0) is 95.2 Å². The number of aromatic nitrogens is 3. The van der Waals surface area contributed by atoms with E-state index in [2.05, 4.69) is 38.3 Å². The van der Waals surface area contributed by atoms with Crippen LogP contribution in [0.3, 0.4) is 0 Å². The van der Waals surface area contributed by atoms with Crippen LogP contribution in [-0.2, 0) is 40.9 Å². The zero-order valence-corrected chi connectivity index (χ0v) is 38.6. The van der Waals surface area contributed by atoms with E-state index in [-0.39, 0.29) is 18.4 Å². The summed E-state index contributed by atoms with van der Waals surface area (Å²) in [5, 5.41) is 13.8. The molecule has 0 radical (unpaired) electrons. The number of aldehydes is 2. The molecular weight excluding hydrogens is 842 g/mol. The van der Waals surface area contributed by atoms with Crippen LogP contribution >= 0.6 is 11.6 Å². The first kappa shape index (κ1) is 46.8. The SMILES string of the molecule is CCCC(C(=O)NC=O)N(C)Cc1c(C=O)cccc1NC(=O)C1CCN(CCn2c(C=O)c(CCCOc3cccc4ccccc34)c3ccc(Cl)c(-c4c(C)nn(C)c4C)c32)CC1. The molecule has 0 saturated carbocycles. The first-order chi connectivity index (χ1) is 31.5. The summed E-state index contributed by atoms with van der Waals surface area (Å²) in [6.07, 6.45) is 5.88. The van der Waals surface area contributed by atoms with E-state index in [1.807, 2.05) is 68.9 Å². The number of imide groups is 1. The van der Waals surface area contributed by atoms with E-state index in [0.717, 1.165) is 68.1 Å². The summed E-state index contributed by atoms with van der Waals surface area (Å²) in [7, 11) is 3.69. The monoisotopic (exact) mass is 899 g/mol. The van der Waals surface area contributed by atoms with Crippen LogP contribution in [0.1, 0.15) is 82.4 Å². The molecule has 1 atom stereocenters. The van der Waals surface area contributed by atoms with Crippen molar-refractivity contribution in [2.75, 3.05) is 38.6 Å². The number of benzene rings is 4. The van der Waals surface area contributed by atoms with E-state index in [1.165, 1.54) is 0 Å². The number of nitrogens with one attached hydrogen (secondary N) is 2. The second kappa shape index (κ2) is 21.2. The van der Waals surface area contributed by atoms with Gasteiger partial charge in [-0.3, -0.25) is 38.9 Å². The van der Waals surface area contributed by atoms with Crippen molar-refractivity contribution >= 4 is 69.8 Å². The van der Waals surface area contributed by atoms with Crippen LogP contribution in [0.4, 0.5) is 5.69 Å². The third kappa shape index (κ3) is 10.1. The number of carbonyl (C=O) groups excluding carboxylic acids is 5. The number of likely N-dealkylation sites (tertiary alicyclic amines) is 1. The summed E-state index contributed by atoms with van der Waals surface area (Å²) in [5.74, 6) is 0.0280. The predicted molar refractivity (Wildman–Crippen MR) is 256 cm³/mol. The van der Waals surface area contributed by atoms with Crippen LogP contribution in [0.15, 0.2) is 72.8 Å². The Morgan fingerprint density at radius 2 is 1.68 bits per heavy atom. The Bertz CT molecular complexity index is 2710. The number of amides is 3. The molecular formula is C51H58ClN7O6. The number of halogens is 1. The van der Waals surface area contributed by atoms with Crippen molar-refractivity contribution in [1.29, 1.82) is 0 Å². The quantitative estimate of drug-likeness (QED) is 0.0570. The van der Waals surface area contributed by atoms with Crippen LogP contribution < -0.4 is 15.4 Å². The zero-order chi connectivity index (χ0) is 46.2. The molecule has 1 saturated heterocycles. The van der Waals surface area contributed by atoms with Gasteiger partial charge < -0.3 is 19.5 Å². The third-order valence-corrected chi connectivity index (χ3v) is 13.3. The fourth-order valence-corrected chi connectivity index (χ4v) is 9.76. The van der Waals surface area contributed by atoms with Crippen molar-refractivity contribution in [2.24, 2.45) is 13.0 Å². The van der Waals surface area contributed by atoms with Gasteiger partial charge in [0, 0.05) is 77.0 Å². The molecule has 13 nitrogen and oxygen atoms in total. The van der Waals surface area contributed by atoms with Crippen LogP contribution in [0.5, 0.6) is 5.75 Å². The van der Waals surface area contributed by atoms with Crippen LogP contribution in [0.2, 0.25) is 5.02 Å². The molecule has 7 rings (SSSR count). The number of fused-ring (bicyclic) bond motifs is 2. The molecule has 0 bridgehead atoms. The molecule has 1 aliphatic rings. The molecule has 1 aliphatic heterocycles. The summed E-state index contributed by atoms with van der Waals surface area (Å²) in [6, 6.07) is 22.8. The third-order valence-electron chi connectivity index (χ3n) is 13.0. The van der Waals surface area contributed by atoms with Gasteiger partial charge in [-0.15, -0.1) is 0 Å². The highest BCUT2D eigenvalue weighted by molar-refractivity contribution is 6.35. The Hall–Kier alpha value is -6.15. The van der Waals surface area contributed by atoms with Crippen molar-refractivity contribution in [3.05, 3.63) is 112 Å². The Morgan fingerprint density at radius 3 is 2.38 bits per heavy atom. The average Bonchev–Trinajstić information content (AvgIpc) is 3.75. The van der Waals surface area contributed by atoms with Gasteiger partial charge in [0.1, 0.15) is 12.0 Å². The highest BCUT2D eigenvalue weighted by Gasteiger charge is 2.29. The number of hydrogen-bond donors (Lipinski definition) is 2. The molecule has 340 valence electrons. The Labute approximate surface area is 385 Å². The number of rotatable bonds is 20. The maximum atomic E-state index is 13.9. The normalized spacial score (nSPS) is 13.9. The second-order valence-electron chi connectivity index (χ2n) is 17.0. The number of piperidine rings is 1. The topological polar surface area (TPSA) is 148 Å². The molecule has 2 aromatic heterocycles. The van der Waals surface area contributed by atoms with E-state index >= 15 is 0 Å². The van der Waals surface area contributed by atoms with Crippen molar-refractivity contribution in [3.8, 4) is 16.9 Å². The van der Waals surface area contributed by atoms with E-state index in [9.17, 15) is 24.0 Å². The molecule has 1 unspecified atom stereocenters. The Kier molecular flexibility index (Phi) is 15.3. The van der Waals surface area contributed by atoms with Crippen molar-refractivity contribution < 1.29 is 28.7 Å². The summed E-state index contributed by atoms with van der Waals surface area (Å²) in [5.41, 5.74) is 7.66. The Balaban J connectivity index is 1.08. The maximum Gasteiger partial charge on any atom is 0.243 e. The largest absolute Gasteiger partial charge is 0.493 e. The van der Waals surface area contributed by atoms with Gasteiger partial charge in [0.05, 0.1) is 34.6 Å². The molecule has 0 aliphatic carbocycles. The molecule has 3 heterocycles. The summed E-state index contributed by atoms with van der Waals surface area (Å²) < 4.78 is 10.3. The number of carbonyl (C=O) groups is 5. The fraction of sp³-hybridized carbons (Fsp3) is 0.373. The van der Waals surface area contributed by atoms with E-state index in [4.69, 9.17) is 21.4 Å². The number of likely N-dealkylation sites (N-methyl/N-ethyl adjacent to an activating group) is 1. The molecule has 0 spiro atoms. The minimum atomic E-state index is -0.593. The lowest BCUT2D eigenvalue weighted by Gasteiger charge is -2.32. The van der Waals surface area contributed by atoms with Crippen molar-refractivity contribution in [1.82, 2.24) is 29.5 Å². The molecule has 14 heteroatoms. The van der Waals surface area contributed by atoms with Crippen LogP contribution in [0.25, 0.3) is 32.8 Å². The van der Waals surface area contributed by atoms with Gasteiger partial charge in [-0.1, -0.05) is 79.5 Å². The van der Waals surface area contributed by atoms with Gasteiger partial charge in [0.2, 0.25) is 18.2 Å². The molecule has 2 N–H and O–H groups in total. The van der Waals surface area contributed by atoms with E-state index in [1.54, 1.807) is 30.1 Å². The number of anilines is 1. The minimum Gasteiger partial charge on any atom is -0.493 e. The zero-order valence-electron chi connectivity index (χ0n) is 37.9. The van der Waals surface area contributed by atoms with Crippen molar-refractivity contribution in [2.45, 2.75) is 78.4 Å². The van der Waals surface area contributed by atoms with Gasteiger partial charge in [0.25, 0.3) is 0 Å². The number of aryl methyl sites for hydroxylation is 3. The molecule has 3 amide bonds. The molecule has 65 heavy (non-hydrogen) atoms. The van der Waals surface area contributed by atoms with Gasteiger partial charge in [-0.25, -0.2) is 0 Å². The lowest BCUT2D eigenvalue weighted by Crippen LogP contribution is -2.44. The predicted octanol–water partition coefficient (Wildman–Crippen LogP) is 8.33. The van der Waals surface area contributed by atoms with Gasteiger partial charge in [0.15, 0.2) is 6.29 Å². The van der Waals surface area contributed by atoms with Gasteiger partial charge in [-0.2, -0.15) is 5.10 Å². The first-order valence-electron chi connectivity index (χ1n) is 22.4. The summed E-state index contributed by atoms with van der Waals surface area (Å²) in [4.78, 5) is 67.2. The molecule has 1 fully saturated rings. The summed E-state index contributed by atoms with van der Waals surface area (Å²) in [6.45, 7) is 9.18. The molecule has 4 aromatic carbocycles. The maximum absolute atomic E-state index is 13.9. The number of ether oxygens (including phenoxy) is 1. The number of hydrogen-bond acceptors (Lipinski definition) is 9. The molecule has 6 aromatic rings. The smallest absolute Gasteiger partial charge is 0.243 e. The fourth-order valence-electron chi connectivity index (χ4n) is 9.51. The lowest BCUT2D eigenvalue weighted by molar-refractivity contribution is -0.129. The highest BCUT2D eigenvalue weighted by atomic mass is 35.5. The van der Waals surface area contributed by atoms with Crippen molar-refractivity contribution in [3.63, 3.8) is 0 Å². The first-order valence-corrected chi connectivity index (χ1v) is 22.8. The Morgan fingerprint density at radius 1 is 0.923 bits per heavy atom. The summed E-state index contributed by atoms with van der Waals surface area (Å²) >= 11 is 7.11. The highest BCUT2D eigenvalue weighted by Crippen LogP contribution is 2.42. The minimum absolute atomic E-state index is 0.129. The standard InChI is InChI=1S/C51H58ClN7O6/c1-6-12-44(51(64)53-32-62)56(4)29-41-37(30-60)15-9-18-43(41)54-50(63)36-22-24-58(25-23-36)26-27-59-45(31-61)39(17-11-28-65-46-19-10-14-35-13-7-8-16-38(35)46)40-20-21-42(52)48(49(40)59)47-33(2)55-57(5)34(47)3/h7-10,13-16,18-21,30-32,36,44H,6,11-12,17,22-29H2,1-5H3,(H,54,63)(H,53,62,64). The second-order valence-corrected chi connectivity index (χ2v) is 17.4.